The molecule has 2 aromatic carbocycles. The van der Waals surface area contributed by atoms with Gasteiger partial charge in [-0.2, -0.15) is 0 Å². The SMILES string of the molecule is CC(C)[P+](c1ccccc1)(c1ccccc1)[C@H](C)Cl. The minimum absolute atomic E-state index is 0.136. The van der Waals surface area contributed by atoms with E-state index in [2.05, 4.69) is 81.4 Å². The highest BCUT2D eigenvalue weighted by molar-refractivity contribution is 7.91. The molecule has 0 saturated heterocycles. The fraction of sp³-hybridized carbons (Fsp3) is 0.294. The van der Waals surface area contributed by atoms with Crippen molar-refractivity contribution in [2.24, 2.45) is 0 Å². The lowest BCUT2D eigenvalue weighted by Crippen LogP contribution is -2.33. The molecule has 0 nitrogen and oxygen atoms in total. The normalized spacial score (nSPS) is 13.5. The predicted octanol–water partition coefficient (Wildman–Crippen LogP) is 4.65. The molecule has 0 bridgehead atoms. The molecule has 0 fully saturated rings. The van der Waals surface area contributed by atoms with E-state index in [4.69, 9.17) is 11.6 Å². The van der Waals surface area contributed by atoms with Gasteiger partial charge in [-0.1, -0.05) is 48.0 Å². The molecule has 0 aliphatic carbocycles. The smallest absolute Gasteiger partial charge is 0.0780 e. The lowest BCUT2D eigenvalue weighted by Gasteiger charge is -2.33. The van der Waals surface area contributed by atoms with Crippen LogP contribution in [-0.4, -0.2) is 10.8 Å². The molecular formula is C17H21ClP+. The van der Waals surface area contributed by atoms with Crippen molar-refractivity contribution >= 4 is 29.5 Å². The zero-order valence-electron chi connectivity index (χ0n) is 11.8. The van der Waals surface area contributed by atoms with Crippen molar-refractivity contribution in [2.45, 2.75) is 31.5 Å². The Morgan fingerprint density at radius 1 is 0.737 bits per heavy atom. The van der Waals surface area contributed by atoms with Crippen molar-refractivity contribution < 1.29 is 0 Å². The zero-order valence-corrected chi connectivity index (χ0v) is 13.4. The number of hydrogen-bond acceptors (Lipinski definition) is 0. The van der Waals surface area contributed by atoms with Gasteiger partial charge in [-0.3, -0.25) is 0 Å². The molecule has 0 unspecified atom stereocenters. The molecule has 1 atom stereocenters. The highest BCUT2D eigenvalue weighted by Gasteiger charge is 2.50. The maximum absolute atomic E-state index is 6.71. The molecule has 2 heteroatoms. The number of alkyl halides is 1. The molecule has 0 radical (unpaired) electrons. The lowest BCUT2D eigenvalue weighted by atomic mass is 10.4. The first-order chi connectivity index (χ1) is 9.10. The number of halogens is 1. The summed E-state index contributed by atoms with van der Waals surface area (Å²) in [6.45, 7) is 6.74. The van der Waals surface area contributed by atoms with E-state index in [-0.39, 0.29) is 5.12 Å². The van der Waals surface area contributed by atoms with Crippen LogP contribution in [0.2, 0.25) is 0 Å². The van der Waals surface area contributed by atoms with E-state index >= 15 is 0 Å². The van der Waals surface area contributed by atoms with Crippen molar-refractivity contribution in [3.63, 3.8) is 0 Å². The summed E-state index contributed by atoms with van der Waals surface area (Å²) in [6.07, 6.45) is 0. The predicted molar refractivity (Wildman–Crippen MR) is 89.5 cm³/mol. The van der Waals surface area contributed by atoms with Crippen LogP contribution in [0.5, 0.6) is 0 Å². The average molecular weight is 292 g/mol. The van der Waals surface area contributed by atoms with Crippen LogP contribution in [0.4, 0.5) is 0 Å². The molecule has 100 valence electrons. The van der Waals surface area contributed by atoms with Gasteiger partial charge in [0.2, 0.25) is 0 Å². The molecule has 2 aromatic rings. The highest BCUT2D eigenvalue weighted by atomic mass is 35.5. The Morgan fingerprint density at radius 2 is 1.11 bits per heavy atom. The Kier molecular flexibility index (Phi) is 4.66. The van der Waals surface area contributed by atoms with Crippen LogP contribution >= 0.6 is 18.9 Å². The first-order valence-corrected chi connectivity index (χ1v) is 9.10. The summed E-state index contributed by atoms with van der Waals surface area (Å²) in [4.78, 5) is 0. The van der Waals surface area contributed by atoms with Gasteiger partial charge in [0.25, 0.3) is 0 Å². The van der Waals surface area contributed by atoms with Crippen LogP contribution in [0.3, 0.4) is 0 Å². The molecule has 0 aromatic heterocycles. The second kappa shape index (κ2) is 6.07. The van der Waals surface area contributed by atoms with Crippen LogP contribution < -0.4 is 10.6 Å². The monoisotopic (exact) mass is 291 g/mol. The highest BCUT2D eigenvalue weighted by Crippen LogP contribution is 2.65. The van der Waals surface area contributed by atoms with Crippen molar-refractivity contribution in [3.05, 3.63) is 60.7 Å². The van der Waals surface area contributed by atoms with Gasteiger partial charge in [0, 0.05) is 0 Å². The molecule has 0 saturated carbocycles. The Hall–Kier alpha value is -0.840. The fourth-order valence-corrected chi connectivity index (χ4v) is 8.73. The summed E-state index contributed by atoms with van der Waals surface area (Å²) in [7, 11) is -1.58. The van der Waals surface area contributed by atoms with E-state index in [0.717, 1.165) is 0 Å². The minimum Gasteiger partial charge on any atom is -0.0780 e. The summed E-state index contributed by atoms with van der Waals surface area (Å²) in [5, 5.41) is 2.94. The van der Waals surface area contributed by atoms with Gasteiger partial charge in [-0.05, 0) is 45.0 Å². The summed E-state index contributed by atoms with van der Waals surface area (Å²) >= 11 is 6.71. The van der Waals surface area contributed by atoms with Crippen molar-refractivity contribution in [3.8, 4) is 0 Å². The number of hydrogen-bond donors (Lipinski definition) is 0. The summed E-state index contributed by atoms with van der Waals surface area (Å²) in [5.74, 6) is 0. The third-order valence-corrected chi connectivity index (χ3v) is 9.72. The molecular weight excluding hydrogens is 271 g/mol. The molecule has 0 spiro atoms. The average Bonchev–Trinajstić information content (AvgIpc) is 2.41. The molecule has 0 amide bonds. The van der Waals surface area contributed by atoms with E-state index in [1.54, 1.807) is 0 Å². The summed E-state index contributed by atoms with van der Waals surface area (Å²) in [6, 6.07) is 21.6. The second-order valence-electron chi connectivity index (χ2n) is 5.12. The van der Waals surface area contributed by atoms with Gasteiger partial charge in [0.05, 0.1) is 12.9 Å². The van der Waals surface area contributed by atoms with Crippen molar-refractivity contribution in [1.82, 2.24) is 0 Å². The van der Waals surface area contributed by atoms with Gasteiger partial charge in [0.15, 0.2) is 0 Å². The maximum atomic E-state index is 6.71. The first-order valence-electron chi connectivity index (χ1n) is 6.74. The van der Waals surface area contributed by atoms with E-state index < -0.39 is 7.26 Å². The van der Waals surface area contributed by atoms with Gasteiger partial charge < -0.3 is 0 Å². The maximum Gasteiger partial charge on any atom is 0.149 e. The van der Waals surface area contributed by atoms with Gasteiger partial charge in [0.1, 0.15) is 15.7 Å². The Morgan fingerprint density at radius 3 is 1.37 bits per heavy atom. The van der Waals surface area contributed by atoms with Crippen molar-refractivity contribution in [1.29, 1.82) is 0 Å². The molecule has 0 aliphatic heterocycles. The third kappa shape index (κ3) is 2.57. The van der Waals surface area contributed by atoms with E-state index in [9.17, 15) is 0 Å². The van der Waals surface area contributed by atoms with Crippen LogP contribution in [0.25, 0.3) is 0 Å². The van der Waals surface area contributed by atoms with Crippen LogP contribution in [0.15, 0.2) is 60.7 Å². The molecule has 19 heavy (non-hydrogen) atoms. The molecule has 2 rings (SSSR count). The number of benzene rings is 2. The Bertz CT molecular complexity index is 456. The minimum atomic E-state index is -1.58. The van der Waals surface area contributed by atoms with E-state index in [1.165, 1.54) is 10.6 Å². The second-order valence-corrected chi connectivity index (χ2v) is 10.5. The Balaban J connectivity index is 2.69. The quantitative estimate of drug-likeness (QED) is 0.568. The van der Waals surface area contributed by atoms with Crippen LogP contribution in [0.1, 0.15) is 20.8 Å². The fourth-order valence-electron chi connectivity index (χ4n) is 2.92. The third-order valence-electron chi connectivity index (χ3n) is 3.74. The molecule has 0 heterocycles. The molecule has 0 aliphatic rings. The number of rotatable bonds is 4. The topological polar surface area (TPSA) is 0 Å². The first kappa shape index (κ1) is 14.6. The molecule has 0 N–H and O–H groups in total. The summed E-state index contributed by atoms with van der Waals surface area (Å²) < 4.78 is 0. The van der Waals surface area contributed by atoms with E-state index in [0.29, 0.717) is 5.66 Å². The van der Waals surface area contributed by atoms with Gasteiger partial charge >= 0.3 is 0 Å². The van der Waals surface area contributed by atoms with Crippen LogP contribution in [0, 0.1) is 0 Å². The largest absolute Gasteiger partial charge is 0.149 e. The lowest BCUT2D eigenvalue weighted by molar-refractivity contribution is 1.07. The van der Waals surface area contributed by atoms with Crippen molar-refractivity contribution in [2.75, 3.05) is 0 Å². The van der Waals surface area contributed by atoms with Gasteiger partial charge in [-0.25, -0.2) is 0 Å². The van der Waals surface area contributed by atoms with Crippen LogP contribution in [-0.2, 0) is 0 Å². The zero-order chi connectivity index (χ0) is 13.9. The standard InChI is InChI=1S/C17H21ClP/c1-14(2)19(15(3)18,16-10-6-4-7-11-16)17-12-8-5-9-13-17/h4-15H,1-3H3/q+1/t15-/m1/s1. The Labute approximate surface area is 122 Å². The van der Waals surface area contributed by atoms with E-state index in [1.807, 2.05) is 0 Å². The summed E-state index contributed by atoms with van der Waals surface area (Å²) in [5.41, 5.74) is 0.532. The van der Waals surface area contributed by atoms with Gasteiger partial charge in [-0.15, -0.1) is 0 Å².